The van der Waals surface area contributed by atoms with Crippen LogP contribution in [0.25, 0.3) is 0 Å². The summed E-state index contributed by atoms with van der Waals surface area (Å²) in [4.78, 5) is 6.93. The molecule has 1 aliphatic carbocycles. The van der Waals surface area contributed by atoms with Crippen molar-refractivity contribution < 1.29 is 5.11 Å². The highest BCUT2D eigenvalue weighted by molar-refractivity contribution is 7.13. The summed E-state index contributed by atoms with van der Waals surface area (Å²) in [6.45, 7) is 4.97. The zero-order chi connectivity index (χ0) is 13.3. The molecular weight excluding hydrogens is 258 g/mol. The van der Waals surface area contributed by atoms with E-state index >= 15 is 0 Å². The fourth-order valence-corrected chi connectivity index (χ4v) is 3.71. The van der Waals surface area contributed by atoms with Gasteiger partial charge < -0.3 is 15.3 Å². The number of hydrogen-bond donors (Lipinski definition) is 2. The van der Waals surface area contributed by atoms with E-state index in [1.54, 1.807) is 11.3 Å². The number of anilines is 1. The normalized spacial score (nSPS) is 23.4. The molecule has 0 atom stereocenters. The molecule has 1 saturated carbocycles. The van der Waals surface area contributed by atoms with E-state index in [4.69, 9.17) is 0 Å². The number of aliphatic hydroxyl groups is 1. The van der Waals surface area contributed by atoms with Crippen LogP contribution in [0.2, 0.25) is 0 Å². The fraction of sp³-hybridized carbons (Fsp3) is 0.786. The highest BCUT2D eigenvalue weighted by Gasteiger charge is 2.34. The minimum atomic E-state index is -0.399. The third kappa shape index (κ3) is 3.09. The molecule has 3 rings (SSSR count). The van der Waals surface area contributed by atoms with Gasteiger partial charge in [0.25, 0.3) is 0 Å². The molecule has 1 aliphatic heterocycles. The highest BCUT2D eigenvalue weighted by Crippen LogP contribution is 2.31. The molecule has 0 unspecified atom stereocenters. The van der Waals surface area contributed by atoms with Crippen molar-refractivity contribution in [2.24, 2.45) is 0 Å². The minimum absolute atomic E-state index is 0.399. The quantitative estimate of drug-likeness (QED) is 0.885. The number of nitrogens with zero attached hydrogens (tertiary/aromatic N) is 2. The van der Waals surface area contributed by atoms with E-state index in [9.17, 15) is 5.11 Å². The lowest BCUT2D eigenvalue weighted by molar-refractivity contribution is -0.0336. The first kappa shape index (κ1) is 13.3. The first-order valence-corrected chi connectivity index (χ1v) is 8.15. The number of nitrogens with one attached hydrogen (secondary N) is 1. The predicted octanol–water partition coefficient (Wildman–Crippen LogP) is 1.92. The minimum Gasteiger partial charge on any atom is -0.389 e. The lowest BCUT2D eigenvalue weighted by Crippen LogP contribution is -2.51. The molecule has 1 aromatic heterocycles. The van der Waals surface area contributed by atoms with Gasteiger partial charge in [-0.15, -0.1) is 11.3 Å². The van der Waals surface area contributed by atoms with Gasteiger partial charge in [0.15, 0.2) is 5.13 Å². The standard InChI is InChI=1S/C14H23N3OS/c1-11-9-19-13(16-11)17-7-3-12(4-8-17)15-10-14(18)5-2-6-14/h9,12,15,18H,2-8,10H2,1H3. The second-order valence-corrected chi connectivity index (χ2v) is 6.83. The van der Waals surface area contributed by atoms with Crippen LogP contribution >= 0.6 is 11.3 Å². The molecule has 0 aromatic carbocycles. The Hall–Kier alpha value is -0.650. The van der Waals surface area contributed by atoms with E-state index in [1.807, 2.05) is 6.92 Å². The van der Waals surface area contributed by atoms with Crippen molar-refractivity contribution in [3.8, 4) is 0 Å². The monoisotopic (exact) mass is 281 g/mol. The van der Waals surface area contributed by atoms with Crippen LogP contribution in [0.1, 0.15) is 37.8 Å². The molecule has 5 heteroatoms. The van der Waals surface area contributed by atoms with Crippen molar-refractivity contribution in [1.82, 2.24) is 10.3 Å². The summed E-state index contributed by atoms with van der Waals surface area (Å²) in [6, 6.07) is 0.557. The molecule has 1 saturated heterocycles. The van der Waals surface area contributed by atoms with E-state index in [0.717, 1.165) is 56.1 Å². The van der Waals surface area contributed by atoms with Crippen LogP contribution in [0.5, 0.6) is 0 Å². The van der Waals surface area contributed by atoms with E-state index in [0.29, 0.717) is 6.04 Å². The third-order valence-corrected chi connectivity index (χ3v) is 5.40. The SMILES string of the molecule is Cc1csc(N2CCC(NCC3(O)CCC3)CC2)n1. The van der Waals surface area contributed by atoms with E-state index in [2.05, 4.69) is 20.6 Å². The van der Waals surface area contributed by atoms with Gasteiger partial charge in [-0.3, -0.25) is 0 Å². The van der Waals surface area contributed by atoms with E-state index in [1.165, 1.54) is 6.42 Å². The molecule has 1 aromatic rings. The molecule has 2 aliphatic rings. The topological polar surface area (TPSA) is 48.4 Å². The number of aromatic nitrogens is 1. The van der Waals surface area contributed by atoms with Gasteiger partial charge >= 0.3 is 0 Å². The summed E-state index contributed by atoms with van der Waals surface area (Å²) < 4.78 is 0. The lowest BCUT2D eigenvalue weighted by atomic mass is 9.80. The zero-order valence-electron chi connectivity index (χ0n) is 11.6. The smallest absolute Gasteiger partial charge is 0.185 e. The van der Waals surface area contributed by atoms with Gasteiger partial charge in [0.1, 0.15) is 0 Å². The van der Waals surface area contributed by atoms with Gasteiger partial charge in [-0.1, -0.05) is 0 Å². The molecule has 19 heavy (non-hydrogen) atoms. The van der Waals surface area contributed by atoms with Crippen molar-refractivity contribution >= 4 is 16.5 Å². The number of hydrogen-bond acceptors (Lipinski definition) is 5. The summed E-state index contributed by atoms with van der Waals surface area (Å²) in [5, 5.41) is 16.9. The second-order valence-electron chi connectivity index (χ2n) is 5.99. The molecule has 0 amide bonds. The Kier molecular flexibility index (Phi) is 3.78. The Bertz CT molecular complexity index is 422. The zero-order valence-corrected chi connectivity index (χ0v) is 12.4. The summed E-state index contributed by atoms with van der Waals surface area (Å²) >= 11 is 1.74. The van der Waals surface area contributed by atoms with Crippen molar-refractivity contribution in [2.45, 2.75) is 50.7 Å². The first-order chi connectivity index (χ1) is 9.15. The maximum absolute atomic E-state index is 10.1. The van der Waals surface area contributed by atoms with Crippen LogP contribution in [-0.2, 0) is 0 Å². The summed E-state index contributed by atoms with van der Waals surface area (Å²) in [7, 11) is 0. The van der Waals surface area contributed by atoms with Gasteiger partial charge in [-0.05, 0) is 39.0 Å². The van der Waals surface area contributed by atoms with Crippen molar-refractivity contribution in [2.75, 3.05) is 24.5 Å². The molecule has 2 heterocycles. The first-order valence-electron chi connectivity index (χ1n) is 7.27. The number of thiazole rings is 1. The Morgan fingerprint density at radius 2 is 2.21 bits per heavy atom. The van der Waals surface area contributed by atoms with Gasteiger partial charge in [0.2, 0.25) is 0 Å². The van der Waals surface area contributed by atoms with Gasteiger partial charge in [0.05, 0.1) is 11.3 Å². The summed E-state index contributed by atoms with van der Waals surface area (Å²) in [6.07, 6.45) is 5.41. The van der Waals surface area contributed by atoms with Crippen LogP contribution < -0.4 is 10.2 Å². The van der Waals surface area contributed by atoms with Crippen molar-refractivity contribution in [1.29, 1.82) is 0 Å². The Labute approximate surface area is 118 Å². The number of rotatable bonds is 4. The van der Waals surface area contributed by atoms with Crippen LogP contribution in [0.15, 0.2) is 5.38 Å². The lowest BCUT2D eigenvalue weighted by Gasteiger charge is -2.39. The second kappa shape index (κ2) is 5.38. The largest absolute Gasteiger partial charge is 0.389 e. The van der Waals surface area contributed by atoms with Crippen LogP contribution in [0.3, 0.4) is 0 Å². The number of piperidine rings is 1. The van der Waals surface area contributed by atoms with Crippen molar-refractivity contribution in [3.05, 3.63) is 11.1 Å². The van der Waals surface area contributed by atoms with Gasteiger partial charge in [-0.25, -0.2) is 4.98 Å². The molecule has 0 radical (unpaired) electrons. The average Bonchev–Trinajstić information content (AvgIpc) is 2.81. The Morgan fingerprint density at radius 1 is 1.47 bits per heavy atom. The van der Waals surface area contributed by atoms with Crippen LogP contribution in [-0.4, -0.2) is 41.4 Å². The molecule has 0 bridgehead atoms. The van der Waals surface area contributed by atoms with Crippen LogP contribution in [0, 0.1) is 6.92 Å². The maximum atomic E-state index is 10.1. The Morgan fingerprint density at radius 3 is 2.74 bits per heavy atom. The molecular formula is C14H23N3OS. The molecule has 106 valence electrons. The maximum Gasteiger partial charge on any atom is 0.185 e. The third-order valence-electron chi connectivity index (χ3n) is 4.38. The average molecular weight is 281 g/mol. The van der Waals surface area contributed by atoms with Crippen LogP contribution in [0.4, 0.5) is 5.13 Å². The highest BCUT2D eigenvalue weighted by atomic mass is 32.1. The van der Waals surface area contributed by atoms with E-state index < -0.39 is 5.60 Å². The summed E-state index contributed by atoms with van der Waals surface area (Å²) in [5.41, 5.74) is 0.719. The van der Waals surface area contributed by atoms with Crippen molar-refractivity contribution in [3.63, 3.8) is 0 Å². The molecule has 4 nitrogen and oxygen atoms in total. The Balaban J connectivity index is 1.44. The fourth-order valence-electron chi connectivity index (χ4n) is 2.86. The summed E-state index contributed by atoms with van der Waals surface area (Å²) in [5.74, 6) is 0. The van der Waals surface area contributed by atoms with Gasteiger partial charge in [0, 0.05) is 31.1 Å². The molecule has 2 N–H and O–H groups in total. The van der Waals surface area contributed by atoms with E-state index in [-0.39, 0.29) is 0 Å². The van der Waals surface area contributed by atoms with Gasteiger partial charge in [-0.2, -0.15) is 0 Å². The molecule has 0 spiro atoms. The predicted molar refractivity (Wildman–Crippen MR) is 78.9 cm³/mol. The molecule has 2 fully saturated rings. The number of aryl methyl sites for hydroxylation is 1.